The summed E-state index contributed by atoms with van der Waals surface area (Å²) >= 11 is 2.63. The van der Waals surface area contributed by atoms with Gasteiger partial charge in [0, 0.05) is 57.0 Å². The number of carbonyl (C=O) groups is 2. The second-order valence-corrected chi connectivity index (χ2v) is 22.1. The van der Waals surface area contributed by atoms with Crippen LogP contribution in [0.1, 0.15) is 84.2 Å². The van der Waals surface area contributed by atoms with Gasteiger partial charge in [-0.3, -0.25) is 0 Å². The van der Waals surface area contributed by atoms with Crippen LogP contribution in [0.5, 0.6) is 11.5 Å². The maximum Gasteiger partial charge on any atom is 0.344 e. The molecule has 7 aromatic carbocycles. The van der Waals surface area contributed by atoms with Crippen molar-refractivity contribution in [3.05, 3.63) is 272 Å². The van der Waals surface area contributed by atoms with Crippen molar-refractivity contribution < 1.29 is 55.9 Å². The second kappa shape index (κ2) is 29.0. The summed E-state index contributed by atoms with van der Waals surface area (Å²) in [6, 6.07) is 46.5. The number of nitrogens with zero attached hydrogens (tertiary/aromatic N) is 10. The number of ether oxygens (including phenoxy) is 5. The van der Waals surface area contributed by atoms with E-state index < -0.39 is 71.8 Å². The fourth-order valence-electron chi connectivity index (χ4n) is 9.93. The van der Waals surface area contributed by atoms with Gasteiger partial charge >= 0.3 is 11.9 Å². The van der Waals surface area contributed by atoms with Crippen molar-refractivity contribution in [3.63, 3.8) is 0 Å². The number of aromatic hydroxyl groups is 1. The molecule has 0 saturated carbocycles. The summed E-state index contributed by atoms with van der Waals surface area (Å²) in [5, 5.41) is 41.5. The highest BCUT2D eigenvalue weighted by Crippen LogP contribution is 2.47. The summed E-state index contributed by atoms with van der Waals surface area (Å²) < 4.78 is 92.1. The van der Waals surface area contributed by atoms with Crippen LogP contribution in [0.2, 0.25) is 0 Å². The molecule has 11 aromatic rings. The average molecular weight is 1270 g/mol. The normalized spacial score (nSPS) is 13.0. The van der Waals surface area contributed by atoms with Crippen LogP contribution in [0.3, 0.4) is 0 Å². The molecule has 4 atom stereocenters. The molecule has 4 aromatic heterocycles. The van der Waals surface area contributed by atoms with E-state index in [2.05, 4.69) is 32.3 Å². The van der Waals surface area contributed by atoms with E-state index >= 15 is 8.78 Å². The third-order valence-electron chi connectivity index (χ3n) is 14.8. The molecule has 0 bridgehead atoms. The molecule has 11 rings (SSSR count). The zero-order valence-corrected chi connectivity index (χ0v) is 50.0. The summed E-state index contributed by atoms with van der Waals surface area (Å²) in [7, 11) is 0. The van der Waals surface area contributed by atoms with Gasteiger partial charge < -0.3 is 28.8 Å². The Morgan fingerprint density at radius 2 is 1.03 bits per heavy atom. The molecule has 458 valence electrons. The SMILES string of the molecule is C[C@@H](c1nc(-c2ccc(C#N)cc2)cs1)C(Cn1cncn1)(OCOC(=O)c1ccccc1O)c1ccc(F)cc1F.C[C@@H](c1nc(-c2ccc(C#N)cc2)cs1)C(Cn1cncn1)(OCOC(=O)c1ccccc1OCc1ccccc1)c1ccc(F)cc1F. The first-order valence-corrected chi connectivity index (χ1v) is 29.6. The highest BCUT2D eigenvalue weighted by molar-refractivity contribution is 7.10. The standard InChI is InChI=1S/C37H29F2N5O4S.C30H23F2N5O4S/c1-25(35-43-33(20-49-35)28-13-11-26(18-40)12-14-28)37(21-44-23-41-22-42-44,31-16-15-29(38)17-32(31)39)48-24-47-36(45)30-9-5-6-10-34(30)46-19-27-7-3-2-4-8-27;1-19(28-36-26(14-42-28)21-8-6-20(13-33)7-9-21)30(15-37-17-34-16-35-37,24-11-10-22(31)12-25(24)32)41-18-40-29(39)23-4-2-3-5-27(23)38/h2-17,20,22-23,25H,19,21,24H2,1H3;2-12,14,16-17,19,38H,15,18H2,1H3/t25-,37?;19-,30?/m00/s1. The highest BCUT2D eigenvalue weighted by Gasteiger charge is 2.47. The van der Waals surface area contributed by atoms with Crippen LogP contribution in [0.15, 0.2) is 200 Å². The van der Waals surface area contributed by atoms with Gasteiger partial charge in [0.15, 0.2) is 13.6 Å². The first-order chi connectivity index (χ1) is 44.2. The number of aromatic nitrogens is 8. The summed E-state index contributed by atoms with van der Waals surface area (Å²) in [5.74, 6) is -6.18. The van der Waals surface area contributed by atoms with Crippen molar-refractivity contribution in [3.8, 4) is 46.2 Å². The predicted molar refractivity (Wildman–Crippen MR) is 326 cm³/mol. The van der Waals surface area contributed by atoms with Crippen LogP contribution in [-0.2, 0) is 49.8 Å². The Balaban J connectivity index is 0.000000202. The Bertz CT molecular complexity index is 4360. The Hall–Kier alpha value is -10.8. The van der Waals surface area contributed by atoms with Gasteiger partial charge in [-0.15, -0.1) is 22.7 Å². The number of phenols is 1. The maximum absolute atomic E-state index is 15.8. The minimum absolute atomic E-state index is 0.00895. The molecule has 0 spiro atoms. The number of esters is 2. The van der Waals surface area contributed by atoms with Gasteiger partial charge in [-0.2, -0.15) is 20.7 Å². The van der Waals surface area contributed by atoms with E-state index in [9.17, 15) is 28.7 Å². The van der Waals surface area contributed by atoms with E-state index in [1.165, 1.54) is 81.6 Å². The molecule has 0 radical (unpaired) electrons. The lowest BCUT2D eigenvalue weighted by molar-refractivity contribution is -0.148. The zero-order valence-electron chi connectivity index (χ0n) is 48.3. The highest BCUT2D eigenvalue weighted by atomic mass is 32.1. The van der Waals surface area contributed by atoms with Crippen molar-refractivity contribution in [1.29, 1.82) is 10.5 Å². The van der Waals surface area contributed by atoms with Crippen LogP contribution in [0.25, 0.3) is 22.5 Å². The molecule has 0 amide bonds. The Kier molecular flexibility index (Phi) is 20.2. The third-order valence-corrected chi connectivity index (χ3v) is 16.8. The number of benzene rings is 7. The number of carbonyl (C=O) groups excluding carboxylic acids is 2. The minimum atomic E-state index is -1.62. The van der Waals surface area contributed by atoms with E-state index in [1.807, 2.05) is 41.1 Å². The molecule has 91 heavy (non-hydrogen) atoms. The minimum Gasteiger partial charge on any atom is -0.507 e. The molecular formula is C67H52F4N10O8S2. The van der Waals surface area contributed by atoms with E-state index in [4.69, 9.17) is 38.9 Å². The summed E-state index contributed by atoms with van der Waals surface area (Å²) in [4.78, 5) is 43.8. The molecule has 0 fully saturated rings. The number of halogens is 4. The Morgan fingerprint density at radius 3 is 1.48 bits per heavy atom. The van der Waals surface area contributed by atoms with Gasteiger partial charge in [0.25, 0.3) is 0 Å². The van der Waals surface area contributed by atoms with Crippen molar-refractivity contribution in [2.45, 2.75) is 56.6 Å². The largest absolute Gasteiger partial charge is 0.507 e. The van der Waals surface area contributed by atoms with Gasteiger partial charge in [-0.05, 0) is 66.2 Å². The summed E-state index contributed by atoms with van der Waals surface area (Å²) in [6.07, 6.45) is 5.50. The van der Waals surface area contributed by atoms with E-state index in [0.29, 0.717) is 38.3 Å². The molecular weight excluding hydrogens is 1210 g/mol. The lowest BCUT2D eigenvalue weighted by Crippen LogP contribution is -2.42. The Labute approximate surface area is 526 Å². The molecule has 0 saturated heterocycles. The number of rotatable bonds is 23. The summed E-state index contributed by atoms with van der Waals surface area (Å²) in [6.45, 7) is 2.38. The van der Waals surface area contributed by atoms with Crippen molar-refractivity contribution in [2.75, 3.05) is 13.6 Å². The van der Waals surface area contributed by atoms with Gasteiger partial charge in [0.05, 0.1) is 57.8 Å². The van der Waals surface area contributed by atoms with Crippen molar-refractivity contribution >= 4 is 34.6 Å². The molecule has 24 heteroatoms. The van der Waals surface area contributed by atoms with Crippen LogP contribution in [0, 0.1) is 45.9 Å². The van der Waals surface area contributed by atoms with E-state index in [1.54, 1.807) is 98.8 Å². The van der Waals surface area contributed by atoms with Crippen LogP contribution >= 0.6 is 22.7 Å². The number of nitriles is 2. The van der Waals surface area contributed by atoms with Crippen LogP contribution < -0.4 is 4.74 Å². The van der Waals surface area contributed by atoms with Gasteiger partial charge in [0.2, 0.25) is 0 Å². The lowest BCUT2D eigenvalue weighted by Gasteiger charge is -2.38. The molecule has 4 heterocycles. The molecule has 1 N–H and O–H groups in total. The van der Waals surface area contributed by atoms with Crippen LogP contribution in [0.4, 0.5) is 17.6 Å². The molecule has 18 nitrogen and oxygen atoms in total. The van der Waals surface area contributed by atoms with Crippen LogP contribution in [-0.4, -0.2) is 70.1 Å². The van der Waals surface area contributed by atoms with E-state index in [0.717, 1.165) is 41.0 Å². The predicted octanol–water partition coefficient (Wildman–Crippen LogP) is 13.4. The fourth-order valence-corrected chi connectivity index (χ4v) is 11.9. The molecule has 0 aliphatic heterocycles. The average Bonchev–Trinajstić information content (AvgIpc) is 1.79. The molecule has 0 aliphatic rings. The molecule has 0 aliphatic carbocycles. The first kappa shape index (κ1) is 63.3. The number of hydrogen-bond donors (Lipinski definition) is 1. The first-order valence-electron chi connectivity index (χ1n) is 27.8. The smallest absolute Gasteiger partial charge is 0.344 e. The molecule has 2 unspecified atom stereocenters. The lowest BCUT2D eigenvalue weighted by atomic mass is 9.81. The second-order valence-electron chi connectivity index (χ2n) is 20.4. The van der Waals surface area contributed by atoms with Gasteiger partial charge in [-0.1, -0.05) is 105 Å². The van der Waals surface area contributed by atoms with E-state index in [-0.39, 0.29) is 47.7 Å². The Morgan fingerprint density at radius 1 is 0.582 bits per heavy atom. The third kappa shape index (κ3) is 14.9. The zero-order chi connectivity index (χ0) is 63.9. The number of hydrogen-bond acceptors (Lipinski definition) is 18. The fraction of sp³-hybridized carbons (Fsp3) is 0.164. The van der Waals surface area contributed by atoms with Gasteiger partial charge in [0.1, 0.15) is 89.0 Å². The quantitative estimate of drug-likeness (QED) is 0.0356. The monoisotopic (exact) mass is 1260 g/mol. The van der Waals surface area contributed by atoms with Crippen molar-refractivity contribution in [2.24, 2.45) is 0 Å². The van der Waals surface area contributed by atoms with Gasteiger partial charge in [-0.25, -0.2) is 56.5 Å². The topological polar surface area (TPSA) is 235 Å². The summed E-state index contributed by atoms with van der Waals surface area (Å²) in [5.41, 5.74) is 1.64. The number of phenolic OH excluding ortho intramolecular Hbond substituents is 1. The number of para-hydroxylation sites is 2. The number of thiazole rings is 2. The van der Waals surface area contributed by atoms with Crippen molar-refractivity contribution in [1.82, 2.24) is 39.5 Å². The maximum atomic E-state index is 15.8.